The Balaban J connectivity index is 0.000000276. The van der Waals surface area contributed by atoms with Crippen molar-refractivity contribution >= 4 is 82.6 Å². The molecule has 0 unspecified atom stereocenters. The van der Waals surface area contributed by atoms with Gasteiger partial charge >= 0.3 is 0 Å². The Morgan fingerprint density at radius 1 is 0.745 bits per heavy atom. The number of rotatable bonds is 10. The number of fused-ring (bicyclic) bond motifs is 2. The summed E-state index contributed by atoms with van der Waals surface area (Å²) in [6, 6.07) is 0. The number of aromatic nitrogens is 6. The molecule has 0 aliphatic heterocycles. The van der Waals surface area contributed by atoms with Crippen molar-refractivity contribution in [2.45, 2.75) is 117 Å². The van der Waals surface area contributed by atoms with Crippen LogP contribution in [-0.2, 0) is 15.9 Å². The van der Waals surface area contributed by atoms with Crippen molar-refractivity contribution in [1.29, 1.82) is 0 Å². The van der Waals surface area contributed by atoms with Crippen molar-refractivity contribution < 1.29 is 18.4 Å². The SMILES string of the molecule is CC(C)(CO[Si](C)(C)C(C)(C)C)NC(=O)c1c[nH]c2ncc(Br)nc12.Cn1cc(C(=O)NC(C)(C)CO[Si](C)(C)C(C)(C)C)c2nc(Br)cnc21. The van der Waals surface area contributed by atoms with Crippen molar-refractivity contribution in [2.75, 3.05) is 13.2 Å². The largest absolute Gasteiger partial charge is 0.414 e. The average molecular weight is 869 g/mol. The molecule has 0 aliphatic carbocycles. The summed E-state index contributed by atoms with van der Waals surface area (Å²) in [7, 11) is -1.89. The van der Waals surface area contributed by atoms with Crippen LogP contribution < -0.4 is 10.6 Å². The smallest absolute Gasteiger partial charge is 0.255 e. The number of hydrogen-bond donors (Lipinski definition) is 3. The molecule has 16 heteroatoms. The van der Waals surface area contributed by atoms with Crippen LogP contribution in [0.1, 0.15) is 90.0 Å². The molecule has 0 atom stereocenters. The molecule has 0 saturated heterocycles. The molecule has 4 rings (SSSR count). The van der Waals surface area contributed by atoms with Crippen LogP contribution in [0.3, 0.4) is 0 Å². The number of H-pyrrole nitrogens is 1. The van der Waals surface area contributed by atoms with E-state index in [4.69, 9.17) is 8.85 Å². The summed E-state index contributed by atoms with van der Waals surface area (Å²) in [4.78, 5) is 45.9. The van der Waals surface area contributed by atoms with Crippen LogP contribution in [-0.4, -0.2) is 82.2 Å². The zero-order valence-electron chi connectivity index (χ0n) is 32.8. The normalized spacial score (nSPS) is 13.3. The van der Waals surface area contributed by atoms with Crippen LogP contribution in [0.2, 0.25) is 36.3 Å². The van der Waals surface area contributed by atoms with Crippen molar-refractivity contribution in [3.05, 3.63) is 45.1 Å². The predicted octanol–water partition coefficient (Wildman–Crippen LogP) is 8.51. The summed E-state index contributed by atoms with van der Waals surface area (Å²) >= 11 is 6.61. The maximum Gasteiger partial charge on any atom is 0.255 e. The van der Waals surface area contributed by atoms with Gasteiger partial charge in [-0.25, -0.2) is 19.9 Å². The highest BCUT2D eigenvalue weighted by Gasteiger charge is 2.40. The first-order valence-electron chi connectivity index (χ1n) is 17.0. The van der Waals surface area contributed by atoms with Crippen LogP contribution in [0.5, 0.6) is 0 Å². The number of amides is 2. The molecule has 4 heterocycles. The van der Waals surface area contributed by atoms with Crippen LogP contribution in [0, 0.1) is 0 Å². The van der Waals surface area contributed by atoms with Crippen LogP contribution in [0.15, 0.2) is 34.0 Å². The molecule has 4 aromatic rings. The second kappa shape index (κ2) is 15.5. The molecular weight excluding hydrogens is 812 g/mol. The number of carbonyl (C=O) groups is 2. The quantitative estimate of drug-likeness (QED) is 0.134. The average Bonchev–Trinajstić information content (AvgIpc) is 3.54. The maximum atomic E-state index is 12.9. The Morgan fingerprint density at radius 2 is 1.18 bits per heavy atom. The Bertz CT molecular complexity index is 1870. The molecule has 51 heavy (non-hydrogen) atoms. The minimum Gasteiger partial charge on any atom is -0.414 e. The summed E-state index contributed by atoms with van der Waals surface area (Å²) in [5.41, 5.74) is 2.40. The molecule has 12 nitrogen and oxygen atoms in total. The second-order valence-corrected chi connectivity index (χ2v) is 28.6. The maximum absolute atomic E-state index is 12.9. The van der Waals surface area contributed by atoms with E-state index in [1.807, 2.05) is 39.3 Å². The van der Waals surface area contributed by atoms with Gasteiger partial charge in [0.25, 0.3) is 11.8 Å². The van der Waals surface area contributed by atoms with Gasteiger partial charge < -0.3 is 29.0 Å². The summed E-state index contributed by atoms with van der Waals surface area (Å²) in [5.74, 6) is -0.366. The van der Waals surface area contributed by atoms with E-state index >= 15 is 0 Å². The monoisotopic (exact) mass is 866 g/mol. The number of halogens is 2. The molecule has 0 spiro atoms. The van der Waals surface area contributed by atoms with E-state index in [1.165, 1.54) is 0 Å². The summed E-state index contributed by atoms with van der Waals surface area (Å²) in [6.07, 6.45) is 6.62. The van der Waals surface area contributed by atoms with Gasteiger partial charge in [0.15, 0.2) is 27.9 Å². The van der Waals surface area contributed by atoms with Gasteiger partial charge in [-0.3, -0.25) is 9.59 Å². The minimum atomic E-state index is -1.88. The zero-order valence-corrected chi connectivity index (χ0v) is 38.0. The predicted molar refractivity (Wildman–Crippen MR) is 217 cm³/mol. The molecule has 3 N–H and O–H groups in total. The van der Waals surface area contributed by atoms with E-state index in [1.54, 1.807) is 24.8 Å². The Morgan fingerprint density at radius 3 is 1.65 bits per heavy atom. The molecule has 0 aliphatic rings. The lowest BCUT2D eigenvalue weighted by Crippen LogP contribution is -2.51. The fourth-order valence-corrected chi connectivity index (χ4v) is 7.17. The lowest BCUT2D eigenvalue weighted by molar-refractivity contribution is 0.0867. The molecule has 0 bridgehead atoms. The van der Waals surface area contributed by atoms with E-state index in [0.29, 0.717) is 55.9 Å². The molecule has 0 fully saturated rings. The van der Waals surface area contributed by atoms with Crippen molar-refractivity contribution in [3.63, 3.8) is 0 Å². The molecule has 4 aromatic heterocycles. The highest BCUT2D eigenvalue weighted by Crippen LogP contribution is 2.38. The summed E-state index contributed by atoms with van der Waals surface area (Å²) in [5, 5.41) is 6.39. The highest BCUT2D eigenvalue weighted by atomic mass is 79.9. The van der Waals surface area contributed by atoms with Gasteiger partial charge in [0.2, 0.25) is 0 Å². The van der Waals surface area contributed by atoms with Crippen molar-refractivity contribution in [3.8, 4) is 0 Å². The van der Waals surface area contributed by atoms with E-state index in [9.17, 15) is 9.59 Å². The first-order chi connectivity index (χ1) is 23.1. The van der Waals surface area contributed by atoms with Crippen LogP contribution in [0.25, 0.3) is 22.3 Å². The third-order valence-corrected chi connectivity index (χ3v) is 19.3. The highest BCUT2D eigenvalue weighted by molar-refractivity contribution is 9.10. The number of aryl methyl sites for hydroxylation is 1. The van der Waals surface area contributed by atoms with Gasteiger partial charge in [-0.15, -0.1) is 0 Å². The van der Waals surface area contributed by atoms with Gasteiger partial charge in [-0.1, -0.05) is 41.5 Å². The standard InChI is InChI=1S/C18H29BrN4O2Si.C17H27BrN4O2Si/c1-17(2,3)26(7,8)25-11-18(4,5)22-16(24)12-10-23(6)15-14(12)21-13(19)9-20-15;1-16(2,3)25(6,7)24-10-17(4,5)22-15(23)11-8-19-14-13(11)21-12(18)9-20-14/h9-10H,11H2,1-8H3,(H,22,24);8-9H,10H2,1-7H3,(H,19,20)(H,22,23). The van der Waals surface area contributed by atoms with E-state index in [2.05, 4.69) is 135 Å². The molecule has 282 valence electrons. The number of nitrogens with one attached hydrogen (secondary N) is 3. The van der Waals surface area contributed by atoms with Crippen molar-refractivity contribution in [1.82, 2.24) is 40.1 Å². The molecule has 0 radical (unpaired) electrons. The van der Waals surface area contributed by atoms with Crippen molar-refractivity contribution in [2.24, 2.45) is 7.05 Å². The number of aromatic amines is 1. The van der Waals surface area contributed by atoms with Crippen LogP contribution in [0.4, 0.5) is 0 Å². The fraction of sp³-hybridized carbons (Fsp3) is 0.600. The minimum absolute atomic E-state index is 0.130. The topological polar surface area (TPSA) is 149 Å². The lowest BCUT2D eigenvalue weighted by atomic mass is 10.1. The lowest BCUT2D eigenvalue weighted by Gasteiger charge is -2.39. The number of carbonyl (C=O) groups excluding carboxylic acids is 2. The van der Waals surface area contributed by atoms with E-state index < -0.39 is 27.7 Å². The Labute approximate surface area is 321 Å². The third kappa shape index (κ3) is 11.0. The number of nitrogens with zero attached hydrogens (tertiary/aromatic N) is 5. The van der Waals surface area contributed by atoms with Gasteiger partial charge in [0, 0.05) is 19.4 Å². The van der Waals surface area contributed by atoms with Crippen LogP contribution >= 0.6 is 31.9 Å². The first-order valence-corrected chi connectivity index (χ1v) is 24.4. The molecule has 2 amide bonds. The summed E-state index contributed by atoms with van der Waals surface area (Å²) < 4.78 is 15.6. The van der Waals surface area contributed by atoms with Gasteiger partial charge in [-0.05, 0) is 95.8 Å². The van der Waals surface area contributed by atoms with Gasteiger partial charge in [0.05, 0.1) is 47.8 Å². The third-order valence-electron chi connectivity index (χ3n) is 9.58. The van der Waals surface area contributed by atoms with E-state index in [-0.39, 0.29) is 21.9 Å². The zero-order chi connectivity index (χ0) is 39.0. The fourth-order valence-electron chi connectivity index (χ4n) is 4.30. The molecule has 0 aromatic carbocycles. The Kier molecular flexibility index (Phi) is 13.0. The Hall–Kier alpha value is -2.51. The van der Waals surface area contributed by atoms with Gasteiger partial charge in [-0.2, -0.15) is 0 Å². The molecular formula is C35H56Br2N8O4Si2. The van der Waals surface area contributed by atoms with Gasteiger partial charge in [0.1, 0.15) is 20.2 Å². The van der Waals surface area contributed by atoms with E-state index in [0.717, 1.165) is 0 Å². The second-order valence-electron chi connectivity index (χ2n) is 17.4. The molecule has 0 saturated carbocycles. The summed E-state index contributed by atoms with van der Waals surface area (Å²) in [6.45, 7) is 30.9. The number of hydrogen-bond acceptors (Lipinski definition) is 8. The first kappa shape index (κ1) is 42.9.